The number of ether oxygens (including phenoxy) is 1. The summed E-state index contributed by atoms with van der Waals surface area (Å²) in [6.07, 6.45) is 0. The van der Waals surface area contributed by atoms with Crippen LogP contribution in [-0.2, 0) is 16.1 Å². The van der Waals surface area contributed by atoms with Crippen LogP contribution in [0.1, 0.15) is 26.3 Å². The molecule has 2 N–H and O–H groups in total. The fourth-order valence-corrected chi connectivity index (χ4v) is 3.71. The van der Waals surface area contributed by atoms with Gasteiger partial charge < -0.3 is 15.4 Å². The summed E-state index contributed by atoms with van der Waals surface area (Å²) >= 11 is 1.43. The molecule has 0 bridgehead atoms. The van der Waals surface area contributed by atoms with Gasteiger partial charge in [0.15, 0.2) is 0 Å². The van der Waals surface area contributed by atoms with Gasteiger partial charge in [0.1, 0.15) is 6.61 Å². The Hall–Kier alpha value is -3.58. The Morgan fingerprint density at radius 2 is 1.70 bits per heavy atom. The van der Waals surface area contributed by atoms with Crippen molar-refractivity contribution in [3.63, 3.8) is 0 Å². The highest BCUT2D eigenvalue weighted by Gasteiger charge is 2.18. The van der Waals surface area contributed by atoms with Crippen LogP contribution < -0.4 is 10.6 Å². The number of carbonyl (C=O) groups is 3. The van der Waals surface area contributed by atoms with Crippen LogP contribution in [0.15, 0.2) is 77.7 Å². The molecule has 3 aromatic carbocycles. The highest BCUT2D eigenvalue weighted by molar-refractivity contribution is 8.00. The zero-order valence-corrected chi connectivity index (χ0v) is 16.7. The molecule has 4 rings (SSSR count). The van der Waals surface area contributed by atoms with Crippen LogP contribution in [0, 0.1) is 0 Å². The highest BCUT2D eigenvalue weighted by atomic mass is 32.2. The lowest BCUT2D eigenvalue weighted by Crippen LogP contribution is -2.19. The van der Waals surface area contributed by atoms with E-state index in [2.05, 4.69) is 10.6 Å². The third-order valence-corrected chi connectivity index (χ3v) is 5.54. The van der Waals surface area contributed by atoms with E-state index in [0.29, 0.717) is 22.6 Å². The Morgan fingerprint density at radius 1 is 0.967 bits per heavy atom. The number of hydrogen-bond acceptors (Lipinski definition) is 5. The van der Waals surface area contributed by atoms with Gasteiger partial charge >= 0.3 is 5.97 Å². The smallest absolute Gasteiger partial charge is 0.338 e. The summed E-state index contributed by atoms with van der Waals surface area (Å²) in [5, 5.41) is 5.58. The predicted octanol–water partition coefficient (Wildman–Crippen LogP) is 4.34. The summed E-state index contributed by atoms with van der Waals surface area (Å²) in [6, 6.07) is 21.2. The fourth-order valence-electron chi connectivity index (χ4n) is 2.92. The summed E-state index contributed by atoms with van der Waals surface area (Å²) in [4.78, 5) is 37.1. The van der Waals surface area contributed by atoms with Crippen molar-refractivity contribution < 1.29 is 19.1 Å². The summed E-state index contributed by atoms with van der Waals surface area (Å²) in [6.45, 7) is 0.0810. The molecule has 1 heterocycles. The monoisotopic (exact) mass is 418 g/mol. The molecule has 0 aliphatic carbocycles. The van der Waals surface area contributed by atoms with Crippen molar-refractivity contribution in [3.8, 4) is 0 Å². The lowest BCUT2D eigenvalue weighted by Gasteiger charge is -2.16. The Kier molecular flexibility index (Phi) is 5.81. The molecule has 6 nitrogen and oxygen atoms in total. The van der Waals surface area contributed by atoms with Crippen LogP contribution in [0.2, 0.25) is 0 Å². The van der Waals surface area contributed by atoms with E-state index in [9.17, 15) is 14.4 Å². The van der Waals surface area contributed by atoms with Gasteiger partial charge in [0, 0.05) is 16.1 Å². The summed E-state index contributed by atoms with van der Waals surface area (Å²) in [5.74, 6) is -0.405. The van der Waals surface area contributed by atoms with Crippen molar-refractivity contribution in [2.24, 2.45) is 0 Å². The molecule has 0 aromatic heterocycles. The van der Waals surface area contributed by atoms with Gasteiger partial charge in [0.25, 0.3) is 5.91 Å². The average molecular weight is 418 g/mol. The zero-order valence-electron chi connectivity index (χ0n) is 15.9. The summed E-state index contributed by atoms with van der Waals surface area (Å²) in [5.41, 5.74) is 2.99. The van der Waals surface area contributed by atoms with Crippen molar-refractivity contribution in [1.82, 2.24) is 0 Å². The number of rotatable bonds is 5. The predicted molar refractivity (Wildman–Crippen MR) is 116 cm³/mol. The van der Waals surface area contributed by atoms with Crippen LogP contribution in [0.4, 0.5) is 11.4 Å². The van der Waals surface area contributed by atoms with E-state index in [1.807, 2.05) is 30.3 Å². The van der Waals surface area contributed by atoms with E-state index >= 15 is 0 Å². The number of hydrogen-bond donors (Lipinski definition) is 2. The van der Waals surface area contributed by atoms with E-state index in [1.165, 1.54) is 11.8 Å². The standard InChI is InChI=1S/C23H18N2O4S/c26-21-14-30-20-11-10-17(12-19(20)25-21)23(28)29-13-15-6-8-16(9-7-15)22(27)24-18-4-2-1-3-5-18/h1-12H,13-14H2,(H,24,27)(H,25,26). The maximum atomic E-state index is 12.4. The van der Waals surface area contributed by atoms with Gasteiger partial charge in [-0.2, -0.15) is 0 Å². The SMILES string of the molecule is O=C1CSc2ccc(C(=O)OCc3ccc(C(=O)Nc4ccccc4)cc3)cc2N1. The van der Waals surface area contributed by atoms with Crippen molar-refractivity contribution in [1.29, 1.82) is 0 Å². The minimum Gasteiger partial charge on any atom is -0.457 e. The molecular formula is C23H18N2O4S. The molecule has 0 unspecified atom stereocenters. The number of carbonyl (C=O) groups excluding carboxylic acids is 3. The molecule has 3 aromatic rings. The van der Waals surface area contributed by atoms with E-state index < -0.39 is 5.97 Å². The highest BCUT2D eigenvalue weighted by Crippen LogP contribution is 2.32. The first-order valence-electron chi connectivity index (χ1n) is 9.28. The van der Waals surface area contributed by atoms with Gasteiger partial charge in [0.2, 0.25) is 5.91 Å². The van der Waals surface area contributed by atoms with Gasteiger partial charge in [-0.05, 0) is 48.0 Å². The van der Waals surface area contributed by atoms with Crippen LogP contribution in [0.5, 0.6) is 0 Å². The second-order valence-electron chi connectivity index (χ2n) is 6.64. The fraction of sp³-hybridized carbons (Fsp3) is 0.0870. The third-order valence-electron chi connectivity index (χ3n) is 4.47. The second kappa shape index (κ2) is 8.84. The number of amides is 2. The Balaban J connectivity index is 1.35. The molecule has 7 heteroatoms. The van der Waals surface area contributed by atoms with Crippen molar-refractivity contribution in [2.75, 3.05) is 16.4 Å². The van der Waals surface area contributed by atoms with Crippen LogP contribution in [-0.4, -0.2) is 23.5 Å². The Labute approximate surface area is 177 Å². The normalized spacial score (nSPS) is 12.5. The van der Waals surface area contributed by atoms with E-state index in [1.54, 1.807) is 42.5 Å². The molecule has 0 fully saturated rings. The van der Waals surface area contributed by atoms with E-state index in [-0.39, 0.29) is 18.4 Å². The van der Waals surface area contributed by atoms with E-state index in [0.717, 1.165) is 16.1 Å². The van der Waals surface area contributed by atoms with Gasteiger partial charge in [-0.25, -0.2) is 4.79 Å². The summed E-state index contributed by atoms with van der Waals surface area (Å²) in [7, 11) is 0. The molecule has 2 amide bonds. The third kappa shape index (κ3) is 4.69. The van der Waals surface area contributed by atoms with Crippen LogP contribution in [0.3, 0.4) is 0 Å². The van der Waals surface area contributed by atoms with Gasteiger partial charge in [0.05, 0.1) is 17.0 Å². The topological polar surface area (TPSA) is 84.5 Å². The van der Waals surface area contributed by atoms with Crippen molar-refractivity contribution in [2.45, 2.75) is 11.5 Å². The number of nitrogens with one attached hydrogen (secondary N) is 2. The van der Waals surface area contributed by atoms with E-state index in [4.69, 9.17) is 4.74 Å². The molecule has 0 spiro atoms. The minimum atomic E-state index is -0.478. The number of fused-ring (bicyclic) bond motifs is 1. The van der Waals surface area contributed by atoms with Gasteiger partial charge in [-0.1, -0.05) is 30.3 Å². The maximum Gasteiger partial charge on any atom is 0.338 e. The molecular weight excluding hydrogens is 400 g/mol. The van der Waals surface area contributed by atoms with Crippen molar-refractivity contribution >= 4 is 40.9 Å². The molecule has 0 atom stereocenters. The van der Waals surface area contributed by atoms with Crippen molar-refractivity contribution in [3.05, 3.63) is 89.5 Å². The lowest BCUT2D eigenvalue weighted by atomic mass is 10.1. The first kappa shape index (κ1) is 19.7. The molecule has 1 aliphatic heterocycles. The molecule has 30 heavy (non-hydrogen) atoms. The Morgan fingerprint density at radius 3 is 2.47 bits per heavy atom. The molecule has 150 valence electrons. The zero-order chi connectivity index (χ0) is 20.9. The van der Waals surface area contributed by atoms with Gasteiger partial charge in [-0.3, -0.25) is 9.59 Å². The van der Waals surface area contributed by atoms with Gasteiger partial charge in [-0.15, -0.1) is 11.8 Å². The number of esters is 1. The first-order chi connectivity index (χ1) is 14.6. The quantitative estimate of drug-likeness (QED) is 0.602. The number of anilines is 2. The minimum absolute atomic E-state index is 0.0810. The molecule has 1 aliphatic rings. The first-order valence-corrected chi connectivity index (χ1v) is 10.3. The van der Waals surface area contributed by atoms with Crippen LogP contribution in [0.25, 0.3) is 0 Å². The number of thioether (sulfide) groups is 1. The lowest BCUT2D eigenvalue weighted by molar-refractivity contribution is -0.113. The molecule has 0 radical (unpaired) electrons. The van der Waals surface area contributed by atoms with Crippen LogP contribution >= 0.6 is 11.8 Å². The number of benzene rings is 3. The largest absolute Gasteiger partial charge is 0.457 e. The average Bonchev–Trinajstić information content (AvgIpc) is 2.78. The number of para-hydroxylation sites is 1. The second-order valence-corrected chi connectivity index (χ2v) is 7.66. The Bertz CT molecular complexity index is 1100. The molecule has 0 saturated carbocycles. The summed E-state index contributed by atoms with van der Waals surface area (Å²) < 4.78 is 5.37. The molecule has 0 saturated heterocycles. The maximum absolute atomic E-state index is 12.4.